The molecule has 0 atom stereocenters. The maximum Gasteiger partial charge on any atom is 0.227 e. The fraction of sp³-hybridized carbons (Fsp3) is 0.421. The first kappa shape index (κ1) is 16.8. The number of anilines is 2. The van der Waals surface area contributed by atoms with E-state index in [0.717, 1.165) is 36.6 Å². The van der Waals surface area contributed by atoms with Crippen LogP contribution in [0.1, 0.15) is 18.1 Å². The van der Waals surface area contributed by atoms with Gasteiger partial charge in [0.15, 0.2) is 17.0 Å². The Hall–Kier alpha value is -2.67. The van der Waals surface area contributed by atoms with Crippen LogP contribution in [0.25, 0.3) is 11.2 Å². The molecule has 4 rings (SSSR count). The van der Waals surface area contributed by atoms with Gasteiger partial charge in [-0.2, -0.15) is 9.97 Å². The van der Waals surface area contributed by atoms with Crippen molar-refractivity contribution in [3.05, 3.63) is 41.7 Å². The summed E-state index contributed by atoms with van der Waals surface area (Å²) in [6.07, 6.45) is 1.84. The molecule has 0 radical (unpaired) electrons. The van der Waals surface area contributed by atoms with Crippen LogP contribution in [0.5, 0.6) is 0 Å². The van der Waals surface area contributed by atoms with Gasteiger partial charge in [0.25, 0.3) is 0 Å². The highest BCUT2D eigenvalue weighted by Gasteiger charge is 2.20. The predicted octanol–water partition coefficient (Wildman–Crippen LogP) is 2.60. The molecule has 0 aliphatic carbocycles. The molecule has 0 amide bonds. The first-order valence-corrected chi connectivity index (χ1v) is 9.09. The zero-order valence-electron chi connectivity index (χ0n) is 15.3. The van der Waals surface area contributed by atoms with Crippen molar-refractivity contribution in [2.24, 2.45) is 0 Å². The highest BCUT2D eigenvalue weighted by molar-refractivity contribution is 5.85. The topological polar surface area (TPSA) is 68.1 Å². The normalized spacial score (nSPS) is 14.8. The average Bonchev–Trinajstić information content (AvgIpc) is 3.10. The van der Waals surface area contributed by atoms with Crippen LogP contribution >= 0.6 is 0 Å². The van der Waals surface area contributed by atoms with E-state index in [-0.39, 0.29) is 0 Å². The molecule has 2 aromatic heterocycles. The summed E-state index contributed by atoms with van der Waals surface area (Å²) in [4.78, 5) is 16.3. The molecular formula is C19H24N6O. The maximum atomic E-state index is 5.48. The number of rotatable bonds is 5. The molecular weight excluding hydrogens is 328 g/mol. The van der Waals surface area contributed by atoms with Crippen molar-refractivity contribution in [1.29, 1.82) is 0 Å². The summed E-state index contributed by atoms with van der Waals surface area (Å²) in [5.74, 6) is 1.52. The molecule has 0 spiro atoms. The van der Waals surface area contributed by atoms with E-state index in [4.69, 9.17) is 14.7 Å². The van der Waals surface area contributed by atoms with E-state index in [1.54, 1.807) is 0 Å². The number of imidazole rings is 1. The third-order valence-corrected chi connectivity index (χ3v) is 4.67. The Morgan fingerprint density at radius 2 is 1.88 bits per heavy atom. The standard InChI is InChI=1S/C19H24N6O/c1-3-24-13-21-16-17(24)22-19(20-12-15-6-4-14(2)5-7-15)23-18(16)25-8-10-26-11-9-25/h4-7,13H,3,8-12H2,1-2H3,(H,20,22,23). The first-order chi connectivity index (χ1) is 12.7. The van der Waals surface area contributed by atoms with Crippen molar-refractivity contribution in [2.45, 2.75) is 26.9 Å². The molecule has 1 aliphatic rings. The molecule has 3 heterocycles. The van der Waals surface area contributed by atoms with Gasteiger partial charge >= 0.3 is 0 Å². The van der Waals surface area contributed by atoms with Crippen molar-refractivity contribution < 1.29 is 4.74 Å². The van der Waals surface area contributed by atoms with Crippen LogP contribution in [0.2, 0.25) is 0 Å². The van der Waals surface area contributed by atoms with Gasteiger partial charge in [-0.3, -0.25) is 0 Å². The minimum atomic E-state index is 0.634. The molecule has 1 N–H and O–H groups in total. The average molecular weight is 352 g/mol. The van der Waals surface area contributed by atoms with Crippen LogP contribution in [-0.2, 0) is 17.8 Å². The smallest absolute Gasteiger partial charge is 0.227 e. The van der Waals surface area contributed by atoms with Crippen LogP contribution in [0.4, 0.5) is 11.8 Å². The number of hydrogen-bond donors (Lipinski definition) is 1. The summed E-state index contributed by atoms with van der Waals surface area (Å²) in [5, 5.41) is 3.37. The number of morpholine rings is 1. The summed E-state index contributed by atoms with van der Waals surface area (Å²) >= 11 is 0. The molecule has 3 aromatic rings. The van der Waals surface area contributed by atoms with Gasteiger partial charge in [0, 0.05) is 26.2 Å². The molecule has 0 saturated carbocycles. The Morgan fingerprint density at radius 3 is 2.62 bits per heavy atom. The van der Waals surface area contributed by atoms with Gasteiger partial charge in [-0.15, -0.1) is 0 Å². The quantitative estimate of drug-likeness (QED) is 0.761. The Labute approximate surface area is 153 Å². The van der Waals surface area contributed by atoms with Gasteiger partial charge in [-0.25, -0.2) is 4.98 Å². The number of ether oxygens (including phenoxy) is 1. The van der Waals surface area contributed by atoms with Crippen LogP contribution in [0.15, 0.2) is 30.6 Å². The van der Waals surface area contributed by atoms with E-state index in [1.807, 2.05) is 6.33 Å². The molecule has 1 fully saturated rings. The van der Waals surface area contributed by atoms with Gasteiger partial charge in [0.1, 0.15) is 0 Å². The lowest BCUT2D eigenvalue weighted by molar-refractivity contribution is 0.122. The molecule has 7 heteroatoms. The SMILES string of the molecule is CCn1cnc2c(N3CCOCC3)nc(NCc3ccc(C)cc3)nc21. The minimum absolute atomic E-state index is 0.634. The van der Waals surface area contributed by atoms with Crippen LogP contribution in [0, 0.1) is 6.92 Å². The number of fused-ring (bicyclic) bond motifs is 1. The molecule has 0 unspecified atom stereocenters. The molecule has 1 saturated heterocycles. The lowest BCUT2D eigenvalue weighted by Crippen LogP contribution is -2.37. The molecule has 1 aliphatic heterocycles. The van der Waals surface area contributed by atoms with Crippen LogP contribution < -0.4 is 10.2 Å². The second-order valence-electron chi connectivity index (χ2n) is 6.51. The van der Waals surface area contributed by atoms with Gasteiger partial charge < -0.3 is 19.5 Å². The lowest BCUT2D eigenvalue weighted by Gasteiger charge is -2.28. The van der Waals surface area contributed by atoms with Crippen LogP contribution in [-0.4, -0.2) is 45.8 Å². The van der Waals surface area contributed by atoms with E-state index in [2.05, 4.69) is 57.9 Å². The minimum Gasteiger partial charge on any atom is -0.378 e. The Bertz CT molecular complexity index is 883. The largest absolute Gasteiger partial charge is 0.378 e. The van der Waals surface area contributed by atoms with E-state index in [0.29, 0.717) is 25.7 Å². The predicted molar refractivity (Wildman–Crippen MR) is 103 cm³/mol. The number of nitrogens with zero attached hydrogens (tertiary/aromatic N) is 5. The van der Waals surface area contributed by atoms with E-state index < -0.39 is 0 Å². The number of nitrogens with one attached hydrogen (secondary N) is 1. The summed E-state index contributed by atoms with van der Waals surface area (Å²) in [6.45, 7) is 8.77. The molecule has 136 valence electrons. The number of aryl methyl sites for hydroxylation is 2. The molecule has 26 heavy (non-hydrogen) atoms. The monoisotopic (exact) mass is 352 g/mol. The van der Waals surface area contributed by atoms with Crippen molar-refractivity contribution in [2.75, 3.05) is 36.5 Å². The summed E-state index contributed by atoms with van der Waals surface area (Å²) in [5.41, 5.74) is 4.19. The van der Waals surface area contributed by atoms with Crippen molar-refractivity contribution in [1.82, 2.24) is 19.5 Å². The van der Waals surface area contributed by atoms with Crippen molar-refractivity contribution >= 4 is 22.9 Å². The Kier molecular flexibility index (Phi) is 4.71. The Balaban J connectivity index is 1.66. The summed E-state index contributed by atoms with van der Waals surface area (Å²) < 4.78 is 7.53. The first-order valence-electron chi connectivity index (χ1n) is 9.09. The number of hydrogen-bond acceptors (Lipinski definition) is 6. The Morgan fingerprint density at radius 1 is 1.12 bits per heavy atom. The highest BCUT2D eigenvalue weighted by atomic mass is 16.5. The summed E-state index contributed by atoms with van der Waals surface area (Å²) in [7, 11) is 0. The van der Waals surface area contributed by atoms with E-state index in [1.165, 1.54) is 11.1 Å². The number of aromatic nitrogens is 4. The zero-order valence-corrected chi connectivity index (χ0v) is 15.3. The van der Waals surface area contributed by atoms with E-state index >= 15 is 0 Å². The second kappa shape index (κ2) is 7.29. The van der Waals surface area contributed by atoms with Crippen molar-refractivity contribution in [3.63, 3.8) is 0 Å². The number of benzene rings is 1. The third kappa shape index (κ3) is 3.35. The van der Waals surface area contributed by atoms with Gasteiger partial charge in [0.05, 0.1) is 19.5 Å². The maximum absolute atomic E-state index is 5.48. The second-order valence-corrected chi connectivity index (χ2v) is 6.51. The molecule has 7 nitrogen and oxygen atoms in total. The van der Waals surface area contributed by atoms with Gasteiger partial charge in [-0.05, 0) is 19.4 Å². The van der Waals surface area contributed by atoms with E-state index in [9.17, 15) is 0 Å². The zero-order chi connectivity index (χ0) is 17.9. The molecule has 1 aromatic carbocycles. The summed E-state index contributed by atoms with van der Waals surface area (Å²) in [6, 6.07) is 8.48. The van der Waals surface area contributed by atoms with Gasteiger partial charge in [-0.1, -0.05) is 29.8 Å². The highest BCUT2D eigenvalue weighted by Crippen LogP contribution is 2.25. The lowest BCUT2D eigenvalue weighted by atomic mass is 10.1. The fourth-order valence-corrected chi connectivity index (χ4v) is 3.12. The third-order valence-electron chi connectivity index (χ3n) is 4.67. The van der Waals surface area contributed by atoms with Crippen LogP contribution in [0.3, 0.4) is 0 Å². The van der Waals surface area contributed by atoms with Gasteiger partial charge in [0.2, 0.25) is 5.95 Å². The molecule has 0 bridgehead atoms. The fourth-order valence-electron chi connectivity index (χ4n) is 3.12. The van der Waals surface area contributed by atoms with Crippen molar-refractivity contribution in [3.8, 4) is 0 Å².